The average molecular weight is 214 g/mol. The van der Waals surface area contributed by atoms with Crippen LogP contribution in [0.4, 0.5) is 4.79 Å². The number of likely N-dealkylation sites (tertiary alicyclic amines) is 1. The number of amides is 2. The van der Waals surface area contributed by atoms with E-state index < -0.39 is 0 Å². The van der Waals surface area contributed by atoms with Gasteiger partial charge in [0.05, 0.1) is 0 Å². The van der Waals surface area contributed by atoms with Gasteiger partial charge in [-0.3, -0.25) is 0 Å². The van der Waals surface area contributed by atoms with E-state index in [-0.39, 0.29) is 12.6 Å². The van der Waals surface area contributed by atoms with Crippen molar-refractivity contribution in [2.24, 2.45) is 0 Å². The largest absolute Gasteiger partial charge is 0.396 e. The second-order valence-corrected chi connectivity index (χ2v) is 4.09. The van der Waals surface area contributed by atoms with Crippen LogP contribution in [0.1, 0.15) is 39.0 Å². The third-order valence-corrected chi connectivity index (χ3v) is 2.86. The number of carbonyl (C=O) groups is 1. The van der Waals surface area contributed by atoms with Gasteiger partial charge in [0.1, 0.15) is 0 Å². The lowest BCUT2D eigenvalue weighted by Gasteiger charge is -2.24. The van der Waals surface area contributed by atoms with E-state index in [0.29, 0.717) is 6.04 Å². The van der Waals surface area contributed by atoms with Crippen molar-refractivity contribution in [2.45, 2.75) is 45.1 Å². The molecule has 4 heteroatoms. The van der Waals surface area contributed by atoms with Crippen molar-refractivity contribution >= 4 is 6.03 Å². The number of hydrogen-bond acceptors (Lipinski definition) is 2. The van der Waals surface area contributed by atoms with E-state index in [1.807, 2.05) is 11.8 Å². The third-order valence-electron chi connectivity index (χ3n) is 2.86. The highest BCUT2D eigenvalue weighted by Gasteiger charge is 2.27. The molecule has 0 radical (unpaired) electrons. The molecule has 1 unspecified atom stereocenters. The summed E-state index contributed by atoms with van der Waals surface area (Å²) in [5, 5.41) is 11.7. The molecule has 4 nitrogen and oxygen atoms in total. The number of aliphatic hydroxyl groups is 1. The summed E-state index contributed by atoms with van der Waals surface area (Å²) in [6.45, 7) is 3.89. The number of hydrogen-bond donors (Lipinski definition) is 2. The summed E-state index contributed by atoms with van der Waals surface area (Å²) in [6, 6.07) is 0.409. The van der Waals surface area contributed by atoms with Gasteiger partial charge in [0.15, 0.2) is 0 Å². The molecule has 2 N–H and O–H groups in total. The first-order chi connectivity index (χ1) is 7.29. The van der Waals surface area contributed by atoms with Crippen LogP contribution >= 0.6 is 0 Å². The van der Waals surface area contributed by atoms with Crippen molar-refractivity contribution < 1.29 is 9.90 Å². The predicted molar refractivity (Wildman–Crippen MR) is 59.7 cm³/mol. The number of rotatable bonds is 5. The van der Waals surface area contributed by atoms with Crippen LogP contribution in [0.3, 0.4) is 0 Å². The molecule has 1 fully saturated rings. The topological polar surface area (TPSA) is 52.6 Å². The van der Waals surface area contributed by atoms with Crippen LogP contribution in [0.15, 0.2) is 0 Å². The molecule has 88 valence electrons. The molecule has 1 aliphatic heterocycles. The highest BCUT2D eigenvalue weighted by molar-refractivity contribution is 5.74. The first kappa shape index (κ1) is 12.3. The van der Waals surface area contributed by atoms with Crippen molar-refractivity contribution in [1.82, 2.24) is 10.2 Å². The van der Waals surface area contributed by atoms with Crippen molar-refractivity contribution in [3.8, 4) is 0 Å². The summed E-state index contributed by atoms with van der Waals surface area (Å²) in [4.78, 5) is 13.7. The molecule has 1 atom stereocenters. The summed E-state index contributed by atoms with van der Waals surface area (Å²) in [5.74, 6) is 0. The lowest BCUT2D eigenvalue weighted by molar-refractivity contribution is 0.185. The molecule has 0 saturated carbocycles. The molecular formula is C11H22N2O2. The van der Waals surface area contributed by atoms with Crippen LogP contribution in [0.2, 0.25) is 0 Å². The van der Waals surface area contributed by atoms with Crippen molar-refractivity contribution in [1.29, 1.82) is 0 Å². The zero-order valence-corrected chi connectivity index (χ0v) is 9.54. The van der Waals surface area contributed by atoms with Gasteiger partial charge in [0, 0.05) is 25.7 Å². The van der Waals surface area contributed by atoms with Crippen molar-refractivity contribution in [2.75, 3.05) is 19.7 Å². The second kappa shape index (κ2) is 6.67. The van der Waals surface area contributed by atoms with Gasteiger partial charge in [0.25, 0.3) is 0 Å². The first-order valence-electron chi connectivity index (χ1n) is 5.95. The highest BCUT2D eigenvalue weighted by Crippen LogP contribution is 2.20. The molecule has 0 bridgehead atoms. The van der Waals surface area contributed by atoms with E-state index in [0.717, 1.165) is 45.2 Å². The Labute approximate surface area is 91.6 Å². The predicted octanol–water partition coefficient (Wildman–Crippen LogP) is 1.34. The molecule has 1 saturated heterocycles. The Morgan fingerprint density at radius 3 is 3.07 bits per heavy atom. The number of aliphatic hydroxyl groups excluding tert-OH is 1. The Balaban J connectivity index is 2.34. The van der Waals surface area contributed by atoms with Crippen LogP contribution < -0.4 is 5.32 Å². The smallest absolute Gasteiger partial charge is 0.317 e. The molecule has 1 aliphatic rings. The maximum Gasteiger partial charge on any atom is 0.317 e. The second-order valence-electron chi connectivity index (χ2n) is 4.09. The molecule has 0 spiro atoms. The lowest BCUT2D eigenvalue weighted by Crippen LogP contribution is -2.43. The van der Waals surface area contributed by atoms with Gasteiger partial charge < -0.3 is 15.3 Å². The Hall–Kier alpha value is -0.770. The maximum atomic E-state index is 11.7. The summed E-state index contributed by atoms with van der Waals surface area (Å²) in [5.41, 5.74) is 0. The number of nitrogens with zero attached hydrogens (tertiary/aromatic N) is 1. The maximum absolute atomic E-state index is 11.7. The van der Waals surface area contributed by atoms with Gasteiger partial charge >= 0.3 is 6.03 Å². The van der Waals surface area contributed by atoms with Crippen LogP contribution in [-0.4, -0.2) is 41.8 Å². The summed E-state index contributed by atoms with van der Waals surface area (Å²) in [7, 11) is 0. The quantitative estimate of drug-likeness (QED) is 0.725. The molecule has 1 rings (SSSR count). The minimum absolute atomic E-state index is 0.0669. The Morgan fingerprint density at radius 1 is 1.60 bits per heavy atom. The van der Waals surface area contributed by atoms with E-state index in [2.05, 4.69) is 5.32 Å². The fourth-order valence-electron chi connectivity index (χ4n) is 2.06. The SMILES string of the molecule is CCCNC(=O)N1CCCC1CCCO. The van der Waals surface area contributed by atoms with Crippen LogP contribution in [0, 0.1) is 0 Å². The fourth-order valence-corrected chi connectivity index (χ4v) is 2.06. The number of urea groups is 1. The van der Waals surface area contributed by atoms with E-state index >= 15 is 0 Å². The molecule has 15 heavy (non-hydrogen) atoms. The number of nitrogens with one attached hydrogen (secondary N) is 1. The molecule has 0 aromatic rings. The van der Waals surface area contributed by atoms with Crippen molar-refractivity contribution in [3.05, 3.63) is 0 Å². The van der Waals surface area contributed by atoms with Gasteiger partial charge in [-0.15, -0.1) is 0 Å². The number of carbonyl (C=O) groups excluding carboxylic acids is 1. The van der Waals surface area contributed by atoms with E-state index in [1.54, 1.807) is 0 Å². The normalized spacial score (nSPS) is 20.7. The Kier molecular flexibility index (Phi) is 5.47. The van der Waals surface area contributed by atoms with Crippen molar-refractivity contribution in [3.63, 3.8) is 0 Å². The first-order valence-corrected chi connectivity index (χ1v) is 5.95. The van der Waals surface area contributed by atoms with Gasteiger partial charge in [-0.1, -0.05) is 6.92 Å². The van der Waals surface area contributed by atoms with Gasteiger partial charge in [0.2, 0.25) is 0 Å². The standard InChI is InChI=1S/C11H22N2O2/c1-2-7-12-11(15)13-8-3-5-10(13)6-4-9-14/h10,14H,2-9H2,1H3,(H,12,15). The summed E-state index contributed by atoms with van der Waals surface area (Å²) in [6.07, 6.45) is 4.87. The minimum Gasteiger partial charge on any atom is -0.396 e. The van der Waals surface area contributed by atoms with Gasteiger partial charge in [-0.25, -0.2) is 4.79 Å². The van der Waals surface area contributed by atoms with Crippen LogP contribution in [0.5, 0.6) is 0 Å². The highest BCUT2D eigenvalue weighted by atomic mass is 16.3. The summed E-state index contributed by atoms with van der Waals surface area (Å²) < 4.78 is 0. The van der Waals surface area contributed by atoms with E-state index in [9.17, 15) is 4.79 Å². The van der Waals surface area contributed by atoms with Gasteiger partial charge in [-0.2, -0.15) is 0 Å². The lowest BCUT2D eigenvalue weighted by atomic mass is 10.1. The Bertz CT molecular complexity index is 197. The fraction of sp³-hybridized carbons (Fsp3) is 0.909. The molecule has 0 aromatic heterocycles. The third kappa shape index (κ3) is 3.70. The average Bonchev–Trinajstić information content (AvgIpc) is 2.71. The van der Waals surface area contributed by atoms with Crippen LogP contribution in [0.25, 0.3) is 0 Å². The van der Waals surface area contributed by atoms with Gasteiger partial charge in [-0.05, 0) is 32.1 Å². The zero-order valence-electron chi connectivity index (χ0n) is 9.54. The minimum atomic E-state index is 0.0669. The van der Waals surface area contributed by atoms with Crippen LogP contribution in [-0.2, 0) is 0 Å². The summed E-state index contributed by atoms with van der Waals surface area (Å²) >= 11 is 0. The monoisotopic (exact) mass is 214 g/mol. The molecular weight excluding hydrogens is 192 g/mol. The molecule has 0 aromatic carbocycles. The molecule has 1 heterocycles. The van der Waals surface area contributed by atoms with E-state index in [4.69, 9.17) is 5.11 Å². The zero-order chi connectivity index (χ0) is 11.1. The van der Waals surface area contributed by atoms with E-state index in [1.165, 1.54) is 0 Å². The molecule has 0 aliphatic carbocycles. The Morgan fingerprint density at radius 2 is 2.40 bits per heavy atom. The molecule has 2 amide bonds.